The fourth-order valence-electron chi connectivity index (χ4n) is 1.98. The van der Waals surface area contributed by atoms with Gasteiger partial charge in [-0.15, -0.1) is 0 Å². The first-order chi connectivity index (χ1) is 11.4. The third-order valence-corrected chi connectivity index (χ3v) is 3.28. The molecule has 0 saturated carbocycles. The summed E-state index contributed by atoms with van der Waals surface area (Å²) in [4.78, 5) is 32.6. The highest BCUT2D eigenvalue weighted by molar-refractivity contribution is 6.30. The summed E-state index contributed by atoms with van der Waals surface area (Å²) in [6.45, 7) is 0. The molecule has 0 aliphatic rings. The van der Waals surface area contributed by atoms with E-state index in [1.165, 1.54) is 25.3 Å². The van der Waals surface area contributed by atoms with Gasteiger partial charge >= 0.3 is 5.97 Å². The minimum absolute atomic E-state index is 0.00815. The molecule has 0 unspecified atom stereocenters. The molecule has 7 nitrogen and oxygen atoms in total. The smallest absolute Gasteiger partial charge is 0.309 e. The lowest BCUT2D eigenvalue weighted by Crippen LogP contribution is -2.04. The number of carbonyl (C=O) groups excluding carboxylic acids is 2. The number of non-ortho nitro benzene ring substituents is 1. The van der Waals surface area contributed by atoms with Gasteiger partial charge < -0.3 is 9.47 Å². The van der Waals surface area contributed by atoms with Crippen molar-refractivity contribution >= 4 is 29.5 Å². The van der Waals surface area contributed by atoms with Crippen molar-refractivity contribution in [2.45, 2.75) is 6.42 Å². The number of rotatable bonds is 6. The molecule has 0 N–H and O–H groups in total. The van der Waals surface area contributed by atoms with E-state index in [1.54, 1.807) is 12.1 Å². The van der Waals surface area contributed by atoms with Gasteiger partial charge in [0, 0.05) is 17.2 Å². The molecule has 0 saturated heterocycles. The molecule has 0 aliphatic heterocycles. The monoisotopic (exact) mass is 349 g/mol. The minimum Gasteiger partial charge on any atom is -0.469 e. The lowest BCUT2D eigenvalue weighted by atomic mass is 10.1. The predicted octanol–water partition coefficient (Wildman–Crippen LogP) is 3.57. The fourth-order valence-corrected chi connectivity index (χ4v) is 2.23. The average molecular weight is 350 g/mol. The van der Waals surface area contributed by atoms with Crippen molar-refractivity contribution in [1.29, 1.82) is 0 Å². The number of nitro benzene ring substituents is 1. The van der Waals surface area contributed by atoms with Gasteiger partial charge in [-0.05, 0) is 29.8 Å². The fraction of sp³-hybridized carbons (Fsp3) is 0.125. The third-order valence-electron chi connectivity index (χ3n) is 3.07. The van der Waals surface area contributed by atoms with Crippen LogP contribution in [0.1, 0.15) is 15.9 Å². The highest BCUT2D eigenvalue weighted by atomic mass is 35.5. The maximum Gasteiger partial charge on any atom is 0.309 e. The third kappa shape index (κ3) is 4.30. The average Bonchev–Trinajstić information content (AvgIpc) is 2.54. The number of hydrogen-bond acceptors (Lipinski definition) is 6. The Morgan fingerprint density at radius 1 is 1.29 bits per heavy atom. The summed E-state index contributed by atoms with van der Waals surface area (Å²) >= 11 is 5.99. The van der Waals surface area contributed by atoms with Gasteiger partial charge in [-0.2, -0.15) is 0 Å². The molecular formula is C16H12ClNO6. The van der Waals surface area contributed by atoms with Crippen LogP contribution in [0.15, 0.2) is 36.4 Å². The summed E-state index contributed by atoms with van der Waals surface area (Å²) in [6, 6.07) is 8.31. The molecule has 2 rings (SSSR count). The Kier molecular flexibility index (Phi) is 5.49. The molecule has 24 heavy (non-hydrogen) atoms. The number of aldehydes is 1. The number of ether oxygens (including phenoxy) is 2. The van der Waals surface area contributed by atoms with Crippen molar-refractivity contribution in [3.05, 3.63) is 62.7 Å². The van der Waals surface area contributed by atoms with Crippen LogP contribution in [0.2, 0.25) is 5.02 Å². The van der Waals surface area contributed by atoms with E-state index in [0.717, 1.165) is 6.07 Å². The Hall–Kier alpha value is -2.93. The van der Waals surface area contributed by atoms with Crippen LogP contribution >= 0.6 is 11.6 Å². The van der Waals surface area contributed by atoms with Gasteiger partial charge in [0.1, 0.15) is 11.5 Å². The number of halogens is 1. The summed E-state index contributed by atoms with van der Waals surface area (Å²) in [6.07, 6.45) is 0.469. The second-order valence-corrected chi connectivity index (χ2v) is 5.18. The molecule has 0 amide bonds. The summed E-state index contributed by atoms with van der Waals surface area (Å²) < 4.78 is 10.2. The quantitative estimate of drug-likeness (QED) is 0.342. The first kappa shape index (κ1) is 17.4. The van der Waals surface area contributed by atoms with Crippen molar-refractivity contribution in [2.24, 2.45) is 0 Å². The van der Waals surface area contributed by atoms with Crippen LogP contribution in [0.3, 0.4) is 0 Å². The van der Waals surface area contributed by atoms with Crippen molar-refractivity contribution in [3.8, 4) is 11.5 Å². The van der Waals surface area contributed by atoms with E-state index >= 15 is 0 Å². The Bertz CT molecular complexity index is 805. The van der Waals surface area contributed by atoms with Crippen LogP contribution in [0.25, 0.3) is 0 Å². The molecule has 124 valence electrons. The van der Waals surface area contributed by atoms with E-state index in [9.17, 15) is 19.7 Å². The largest absolute Gasteiger partial charge is 0.469 e. The van der Waals surface area contributed by atoms with Gasteiger partial charge in [0.05, 0.1) is 24.0 Å². The standard InChI is InChI=1S/C16H12ClNO6/c1-23-16(20)6-10-4-12(17)8-14(5-10)24-15-3-2-13(18(21)22)7-11(15)9-19/h2-5,7-9H,6H2,1H3. The van der Waals surface area contributed by atoms with Gasteiger partial charge in [-0.25, -0.2) is 0 Å². The zero-order valence-electron chi connectivity index (χ0n) is 12.5. The summed E-state index contributed by atoms with van der Waals surface area (Å²) in [5.41, 5.74) is 0.375. The Morgan fingerprint density at radius 3 is 2.67 bits per heavy atom. The van der Waals surface area contributed by atoms with E-state index in [-0.39, 0.29) is 23.4 Å². The van der Waals surface area contributed by atoms with Crippen molar-refractivity contribution in [3.63, 3.8) is 0 Å². The molecule has 0 aliphatic carbocycles. The molecule has 0 radical (unpaired) electrons. The highest BCUT2D eigenvalue weighted by Gasteiger charge is 2.13. The van der Waals surface area contributed by atoms with E-state index in [1.807, 2.05) is 0 Å². The normalized spacial score (nSPS) is 10.1. The van der Waals surface area contributed by atoms with E-state index in [2.05, 4.69) is 4.74 Å². The number of nitrogens with zero attached hydrogens (tertiary/aromatic N) is 1. The number of carbonyl (C=O) groups is 2. The van der Waals surface area contributed by atoms with Gasteiger partial charge in [0.25, 0.3) is 5.69 Å². The number of esters is 1. The molecular weight excluding hydrogens is 338 g/mol. The van der Waals surface area contributed by atoms with Crippen LogP contribution in [0.5, 0.6) is 11.5 Å². The SMILES string of the molecule is COC(=O)Cc1cc(Cl)cc(Oc2ccc([N+](=O)[O-])cc2C=O)c1. The van der Waals surface area contributed by atoms with Gasteiger partial charge in [-0.1, -0.05) is 11.6 Å². The summed E-state index contributed by atoms with van der Waals surface area (Å²) in [7, 11) is 1.28. The first-order valence-electron chi connectivity index (χ1n) is 6.70. The van der Waals surface area contributed by atoms with Crippen LogP contribution in [-0.4, -0.2) is 24.3 Å². The summed E-state index contributed by atoms with van der Waals surface area (Å²) in [5, 5.41) is 11.1. The van der Waals surface area contributed by atoms with Crippen molar-refractivity contribution in [2.75, 3.05) is 7.11 Å². The topological polar surface area (TPSA) is 95.7 Å². The van der Waals surface area contributed by atoms with Crippen LogP contribution < -0.4 is 4.74 Å². The number of hydrogen-bond donors (Lipinski definition) is 0. The zero-order chi connectivity index (χ0) is 17.7. The van der Waals surface area contributed by atoms with Gasteiger partial charge in [0.15, 0.2) is 6.29 Å². The maximum atomic E-state index is 11.3. The van der Waals surface area contributed by atoms with Gasteiger partial charge in [0.2, 0.25) is 0 Å². The first-order valence-corrected chi connectivity index (χ1v) is 7.08. The molecule has 2 aromatic carbocycles. The van der Waals surface area contributed by atoms with Crippen molar-refractivity contribution in [1.82, 2.24) is 0 Å². The highest BCUT2D eigenvalue weighted by Crippen LogP contribution is 2.30. The van der Waals surface area contributed by atoms with Crippen molar-refractivity contribution < 1.29 is 24.0 Å². The number of methoxy groups -OCH3 is 1. The predicted molar refractivity (Wildman–Crippen MR) is 85.7 cm³/mol. The lowest BCUT2D eigenvalue weighted by molar-refractivity contribution is -0.384. The Labute approximate surface area is 141 Å². The van der Waals surface area contributed by atoms with Gasteiger partial charge in [-0.3, -0.25) is 19.7 Å². The summed E-state index contributed by atoms with van der Waals surface area (Å²) in [5.74, 6) is -0.00706. The minimum atomic E-state index is -0.607. The number of nitro groups is 1. The van der Waals surface area contributed by atoms with E-state index in [0.29, 0.717) is 22.6 Å². The van der Waals surface area contributed by atoms with E-state index in [4.69, 9.17) is 16.3 Å². The lowest BCUT2D eigenvalue weighted by Gasteiger charge is -2.10. The Balaban J connectivity index is 2.32. The molecule has 0 heterocycles. The molecule has 0 fully saturated rings. The van der Waals surface area contributed by atoms with E-state index < -0.39 is 10.9 Å². The molecule has 2 aromatic rings. The van der Waals surface area contributed by atoms with Crippen LogP contribution in [0.4, 0.5) is 5.69 Å². The van der Waals surface area contributed by atoms with Crippen LogP contribution in [-0.2, 0) is 16.0 Å². The molecule has 0 spiro atoms. The molecule has 8 heteroatoms. The molecule has 0 aromatic heterocycles. The maximum absolute atomic E-state index is 11.3. The second-order valence-electron chi connectivity index (χ2n) is 4.75. The molecule has 0 bridgehead atoms. The molecule has 0 atom stereocenters. The Morgan fingerprint density at radius 2 is 2.04 bits per heavy atom. The number of benzene rings is 2. The zero-order valence-corrected chi connectivity index (χ0v) is 13.3. The second kappa shape index (κ2) is 7.56. The van der Waals surface area contributed by atoms with Crippen LogP contribution in [0, 0.1) is 10.1 Å².